The van der Waals surface area contributed by atoms with Gasteiger partial charge in [0.1, 0.15) is 0 Å². The number of benzene rings is 1. The minimum absolute atomic E-state index is 0.691. The summed E-state index contributed by atoms with van der Waals surface area (Å²) in [5.74, 6) is 0. The van der Waals surface area contributed by atoms with E-state index in [0.717, 1.165) is 16.3 Å². The second kappa shape index (κ2) is 4.24. The minimum Gasteiger partial charge on any atom is -0.483 e. The van der Waals surface area contributed by atoms with Crippen molar-refractivity contribution in [1.82, 2.24) is 4.37 Å². The van der Waals surface area contributed by atoms with Gasteiger partial charge in [0.05, 0.1) is 12.3 Å². The molecule has 0 saturated heterocycles. The van der Waals surface area contributed by atoms with Crippen molar-refractivity contribution in [1.29, 1.82) is 0 Å². The Morgan fingerprint density at radius 1 is 1.29 bits per heavy atom. The molecule has 1 aromatic carbocycles. The lowest BCUT2D eigenvalue weighted by molar-refractivity contribution is 0.350. The van der Waals surface area contributed by atoms with Gasteiger partial charge in [0.15, 0.2) is 5.06 Å². The molecular weight excluding hydrogens is 194 g/mol. The van der Waals surface area contributed by atoms with Crippen molar-refractivity contribution in [2.75, 3.05) is 6.61 Å². The van der Waals surface area contributed by atoms with Gasteiger partial charge in [0.25, 0.3) is 0 Å². The maximum atomic E-state index is 5.36. The third kappa shape index (κ3) is 1.93. The van der Waals surface area contributed by atoms with Crippen LogP contribution in [0.3, 0.4) is 0 Å². The SMILES string of the molecule is CCOc1cc(-c2ccccc2)ns1. The maximum Gasteiger partial charge on any atom is 0.193 e. The molecule has 0 radical (unpaired) electrons. The molecule has 0 aliphatic rings. The molecule has 0 unspecified atom stereocenters. The van der Waals surface area contributed by atoms with Gasteiger partial charge in [0.2, 0.25) is 0 Å². The number of aromatic nitrogens is 1. The number of nitrogens with zero attached hydrogens (tertiary/aromatic N) is 1. The fraction of sp³-hybridized carbons (Fsp3) is 0.182. The average molecular weight is 205 g/mol. The Morgan fingerprint density at radius 3 is 2.79 bits per heavy atom. The van der Waals surface area contributed by atoms with Crippen LogP contribution in [0.1, 0.15) is 6.92 Å². The normalized spacial score (nSPS) is 10.1. The highest BCUT2D eigenvalue weighted by molar-refractivity contribution is 7.08. The van der Waals surface area contributed by atoms with Crippen LogP contribution >= 0.6 is 11.5 Å². The predicted octanol–water partition coefficient (Wildman–Crippen LogP) is 3.21. The quantitative estimate of drug-likeness (QED) is 0.767. The lowest BCUT2D eigenvalue weighted by atomic mass is 10.2. The van der Waals surface area contributed by atoms with Gasteiger partial charge in [-0.3, -0.25) is 0 Å². The second-order valence-corrected chi connectivity index (χ2v) is 3.60. The topological polar surface area (TPSA) is 22.1 Å². The molecule has 72 valence electrons. The summed E-state index contributed by atoms with van der Waals surface area (Å²) in [5, 5.41) is 0.881. The van der Waals surface area contributed by atoms with E-state index in [4.69, 9.17) is 4.74 Å². The van der Waals surface area contributed by atoms with E-state index in [1.807, 2.05) is 43.3 Å². The van der Waals surface area contributed by atoms with E-state index in [-0.39, 0.29) is 0 Å². The van der Waals surface area contributed by atoms with Crippen molar-refractivity contribution in [2.24, 2.45) is 0 Å². The molecule has 1 heterocycles. The summed E-state index contributed by atoms with van der Waals surface area (Å²) in [5.41, 5.74) is 2.12. The van der Waals surface area contributed by atoms with Gasteiger partial charge in [0, 0.05) is 23.2 Å². The molecule has 0 atom stereocenters. The third-order valence-corrected chi connectivity index (χ3v) is 2.55. The van der Waals surface area contributed by atoms with Crippen LogP contribution in [0.5, 0.6) is 5.06 Å². The Hall–Kier alpha value is -1.35. The molecule has 0 bridgehead atoms. The predicted molar refractivity (Wildman–Crippen MR) is 58.7 cm³/mol. The largest absolute Gasteiger partial charge is 0.483 e. The molecule has 3 heteroatoms. The Kier molecular flexibility index (Phi) is 2.79. The van der Waals surface area contributed by atoms with Crippen LogP contribution in [-0.4, -0.2) is 11.0 Å². The zero-order valence-electron chi connectivity index (χ0n) is 7.93. The zero-order chi connectivity index (χ0) is 9.80. The number of rotatable bonds is 3. The van der Waals surface area contributed by atoms with E-state index in [0.29, 0.717) is 6.61 Å². The van der Waals surface area contributed by atoms with Gasteiger partial charge in [-0.05, 0) is 6.92 Å². The number of hydrogen-bond acceptors (Lipinski definition) is 3. The molecule has 0 amide bonds. The van der Waals surface area contributed by atoms with Crippen molar-refractivity contribution in [3.8, 4) is 16.3 Å². The van der Waals surface area contributed by atoms with E-state index >= 15 is 0 Å². The van der Waals surface area contributed by atoms with Crippen molar-refractivity contribution in [3.05, 3.63) is 36.4 Å². The van der Waals surface area contributed by atoms with Crippen LogP contribution in [0.4, 0.5) is 0 Å². The van der Waals surface area contributed by atoms with Gasteiger partial charge >= 0.3 is 0 Å². The van der Waals surface area contributed by atoms with E-state index < -0.39 is 0 Å². The highest BCUT2D eigenvalue weighted by Crippen LogP contribution is 2.26. The summed E-state index contributed by atoms with van der Waals surface area (Å²) in [4.78, 5) is 0. The van der Waals surface area contributed by atoms with Gasteiger partial charge in [-0.1, -0.05) is 30.3 Å². The van der Waals surface area contributed by atoms with Gasteiger partial charge in [-0.25, -0.2) is 0 Å². The number of ether oxygens (including phenoxy) is 1. The lowest BCUT2D eigenvalue weighted by Gasteiger charge is -1.94. The molecule has 0 saturated carbocycles. The van der Waals surface area contributed by atoms with Crippen LogP contribution < -0.4 is 4.74 Å². The van der Waals surface area contributed by atoms with Gasteiger partial charge < -0.3 is 4.74 Å². The van der Waals surface area contributed by atoms with Crippen molar-refractivity contribution in [2.45, 2.75) is 6.92 Å². The first-order valence-corrected chi connectivity index (χ1v) is 5.32. The lowest BCUT2D eigenvalue weighted by Crippen LogP contribution is -1.86. The van der Waals surface area contributed by atoms with Crippen LogP contribution in [0.25, 0.3) is 11.3 Å². The summed E-state index contributed by atoms with van der Waals surface area (Å²) >= 11 is 1.40. The molecule has 14 heavy (non-hydrogen) atoms. The fourth-order valence-electron chi connectivity index (χ4n) is 1.21. The summed E-state index contributed by atoms with van der Waals surface area (Å²) in [6, 6.07) is 12.1. The number of hydrogen-bond donors (Lipinski definition) is 0. The molecule has 0 fully saturated rings. The molecule has 0 N–H and O–H groups in total. The molecule has 1 aromatic heterocycles. The second-order valence-electron chi connectivity index (χ2n) is 2.83. The van der Waals surface area contributed by atoms with Crippen LogP contribution in [0.2, 0.25) is 0 Å². The fourth-order valence-corrected chi connectivity index (χ4v) is 1.90. The van der Waals surface area contributed by atoms with E-state index in [2.05, 4.69) is 4.37 Å². The Balaban J connectivity index is 2.25. The Bertz CT molecular complexity index is 397. The van der Waals surface area contributed by atoms with E-state index in [9.17, 15) is 0 Å². The summed E-state index contributed by atoms with van der Waals surface area (Å²) in [6.45, 7) is 2.67. The highest BCUT2D eigenvalue weighted by Gasteiger charge is 2.03. The smallest absolute Gasteiger partial charge is 0.193 e. The molecule has 2 rings (SSSR count). The molecule has 2 nitrogen and oxygen atoms in total. The average Bonchev–Trinajstić information content (AvgIpc) is 2.68. The highest BCUT2D eigenvalue weighted by atomic mass is 32.1. The van der Waals surface area contributed by atoms with Crippen LogP contribution in [0.15, 0.2) is 36.4 Å². The first-order valence-electron chi connectivity index (χ1n) is 4.55. The Labute approximate surface area is 87.3 Å². The van der Waals surface area contributed by atoms with Crippen molar-refractivity contribution < 1.29 is 4.74 Å². The molecule has 0 aliphatic carbocycles. The van der Waals surface area contributed by atoms with Crippen LogP contribution in [-0.2, 0) is 0 Å². The summed E-state index contributed by atoms with van der Waals surface area (Å²) < 4.78 is 9.69. The first kappa shape index (κ1) is 9.21. The van der Waals surface area contributed by atoms with E-state index in [1.54, 1.807) is 0 Å². The molecule has 2 aromatic rings. The zero-order valence-corrected chi connectivity index (χ0v) is 8.75. The molecule has 0 spiro atoms. The summed E-state index contributed by atoms with van der Waals surface area (Å²) in [6.07, 6.45) is 0. The standard InChI is InChI=1S/C11H11NOS/c1-2-13-11-8-10(12-14-11)9-6-4-3-5-7-9/h3-8H,2H2,1H3. The summed E-state index contributed by atoms with van der Waals surface area (Å²) in [7, 11) is 0. The van der Waals surface area contributed by atoms with Crippen molar-refractivity contribution in [3.63, 3.8) is 0 Å². The first-order chi connectivity index (χ1) is 6.90. The monoisotopic (exact) mass is 205 g/mol. The Morgan fingerprint density at radius 2 is 2.07 bits per heavy atom. The van der Waals surface area contributed by atoms with Crippen LogP contribution in [0, 0.1) is 0 Å². The molecule has 0 aliphatic heterocycles. The van der Waals surface area contributed by atoms with Gasteiger partial charge in [-0.2, -0.15) is 4.37 Å². The van der Waals surface area contributed by atoms with Gasteiger partial charge in [-0.15, -0.1) is 0 Å². The van der Waals surface area contributed by atoms with Crippen molar-refractivity contribution >= 4 is 11.5 Å². The minimum atomic E-state index is 0.691. The maximum absolute atomic E-state index is 5.36. The van der Waals surface area contributed by atoms with E-state index in [1.165, 1.54) is 11.5 Å². The third-order valence-electron chi connectivity index (χ3n) is 1.84. The molecular formula is C11H11NOS.